The summed E-state index contributed by atoms with van der Waals surface area (Å²) in [5.74, 6) is -3.08. The molecule has 3 rings (SSSR count). The van der Waals surface area contributed by atoms with Crippen molar-refractivity contribution < 1.29 is 73.3 Å². The van der Waals surface area contributed by atoms with Crippen molar-refractivity contribution in [3.8, 4) is 0 Å². The first-order valence-electron chi connectivity index (χ1n) is 14.0. The number of hydrogen-bond donors (Lipinski definition) is 1. The van der Waals surface area contributed by atoms with Crippen LogP contribution in [0.5, 0.6) is 0 Å². The molecule has 3 aromatic rings. The molecule has 3 aromatic carbocycles. The third-order valence-corrected chi connectivity index (χ3v) is 6.30. The number of hydrogen-bond acceptors (Lipinski definition) is 6. The largest absolute Gasteiger partial charge is 0.478 e. The summed E-state index contributed by atoms with van der Waals surface area (Å²) in [6, 6.07) is 7.92. The molecule has 0 aromatic heterocycles. The molecule has 0 bridgehead atoms. The zero-order chi connectivity index (χ0) is 39.9. The fourth-order valence-electron chi connectivity index (χ4n) is 3.42. The van der Waals surface area contributed by atoms with Crippen molar-refractivity contribution in [2.24, 2.45) is 0 Å². The summed E-state index contributed by atoms with van der Waals surface area (Å²) in [7, 11) is 0. The fraction of sp³-hybridized carbons (Fsp3) is 0.333. The number of carboxylic acids is 1. The first kappa shape index (κ1) is 45.1. The molecule has 0 fully saturated rings. The smallest absolute Gasteiger partial charge is 0.416 e. The average Bonchev–Trinajstić information content (AvgIpc) is 2.93. The Bertz CT molecular complexity index is 1740. The van der Waals surface area contributed by atoms with Gasteiger partial charge in [0.25, 0.3) is 0 Å². The monoisotopic (exact) mass is 866 g/mol. The number of aldehydes is 1. The predicted octanol–water partition coefficient (Wildman–Crippen LogP) is 11.1. The Hall–Kier alpha value is -3.93. The van der Waals surface area contributed by atoms with Gasteiger partial charge in [0, 0.05) is 14.5 Å². The van der Waals surface area contributed by atoms with Crippen molar-refractivity contribution in [1.82, 2.24) is 0 Å². The maximum Gasteiger partial charge on any atom is 0.416 e. The molecule has 0 atom stereocenters. The second-order valence-electron chi connectivity index (χ2n) is 12.2. The van der Waals surface area contributed by atoms with E-state index in [1.54, 1.807) is 41.5 Å². The van der Waals surface area contributed by atoms with Crippen LogP contribution < -0.4 is 0 Å². The van der Waals surface area contributed by atoms with E-state index in [1.165, 1.54) is 6.07 Å². The van der Waals surface area contributed by atoms with Gasteiger partial charge < -0.3 is 14.6 Å². The second-order valence-corrected chi connectivity index (χ2v) is 14.1. The van der Waals surface area contributed by atoms with Crippen molar-refractivity contribution in [3.05, 3.63) is 102 Å². The number of ether oxygens (including phenoxy) is 2. The van der Waals surface area contributed by atoms with E-state index in [-0.39, 0.29) is 31.9 Å². The molecule has 1 N–H and O–H groups in total. The number of benzene rings is 3. The number of carboxylic acid groups (broad SMARTS) is 1. The van der Waals surface area contributed by atoms with Crippen LogP contribution in [-0.2, 0) is 28.0 Å². The van der Waals surface area contributed by atoms with E-state index in [2.05, 4.69) is 31.9 Å². The van der Waals surface area contributed by atoms with Gasteiger partial charge in [0.15, 0.2) is 0 Å². The molecule has 0 aliphatic rings. The van der Waals surface area contributed by atoms with E-state index in [0.717, 1.165) is 30.3 Å². The molecule has 0 spiro atoms. The number of rotatable bonds is 4. The van der Waals surface area contributed by atoms with E-state index < -0.39 is 69.9 Å². The summed E-state index contributed by atoms with van der Waals surface area (Å²) in [4.78, 5) is 44.5. The Morgan fingerprint density at radius 1 is 0.549 bits per heavy atom. The van der Waals surface area contributed by atoms with Gasteiger partial charge in [-0.25, -0.2) is 14.4 Å². The number of esters is 2. The zero-order valence-corrected chi connectivity index (χ0v) is 30.5. The van der Waals surface area contributed by atoms with Gasteiger partial charge in [0.2, 0.25) is 0 Å². The molecule has 0 unspecified atom stereocenters. The molecule has 0 aliphatic heterocycles. The van der Waals surface area contributed by atoms with Crippen LogP contribution >= 0.6 is 31.9 Å². The van der Waals surface area contributed by atoms with Crippen molar-refractivity contribution in [1.29, 1.82) is 0 Å². The molecular weight excluding hydrogens is 839 g/mol. The lowest BCUT2D eigenvalue weighted by Gasteiger charge is -2.20. The van der Waals surface area contributed by atoms with Crippen LogP contribution in [0.1, 0.15) is 99.7 Å². The summed E-state index contributed by atoms with van der Waals surface area (Å²) in [5, 5.41) is 8.51. The highest BCUT2D eigenvalue weighted by atomic mass is 79.9. The summed E-state index contributed by atoms with van der Waals surface area (Å²) in [6.07, 6.45) is -13.4. The minimum atomic E-state index is -4.63. The van der Waals surface area contributed by atoms with Gasteiger partial charge >= 0.3 is 36.4 Å². The van der Waals surface area contributed by atoms with Crippen LogP contribution in [0.2, 0.25) is 0 Å². The van der Waals surface area contributed by atoms with Gasteiger partial charge in [0.05, 0.1) is 33.4 Å². The second kappa shape index (κ2) is 17.1. The average molecular weight is 868 g/mol. The lowest BCUT2D eigenvalue weighted by Crippen LogP contribution is -2.24. The zero-order valence-electron chi connectivity index (χ0n) is 27.3. The first-order valence-corrected chi connectivity index (χ1v) is 15.5. The molecule has 18 heteroatoms. The standard InChI is InChI=1S/C13H13F3O3.C12H12BrF3O2.C8H4BrF3O2/c1-12(2,3)19-11(18)9-4-8(7-17)5-10(6-9)13(14,15)16;1-11(2,3)18-10(17)7-4-8(12(14,15)16)6-9(13)5-7;9-6-2-4(7(13)14)1-5(3-6)8(10,11)12/h4-7H,1-3H3;4-6H,1-3H3;1-3H,(H,13,14). The molecular formula is C33H29Br2F9O7. The number of alkyl halides is 9. The predicted molar refractivity (Wildman–Crippen MR) is 172 cm³/mol. The number of carbonyl (C=O) groups excluding carboxylic acids is 3. The minimum Gasteiger partial charge on any atom is -0.478 e. The molecule has 0 radical (unpaired) electrons. The quantitative estimate of drug-likeness (QED) is 0.158. The van der Waals surface area contributed by atoms with Crippen LogP contribution in [0.25, 0.3) is 0 Å². The van der Waals surface area contributed by atoms with E-state index in [4.69, 9.17) is 14.6 Å². The molecule has 0 heterocycles. The lowest BCUT2D eigenvalue weighted by molar-refractivity contribution is -0.138. The maximum absolute atomic E-state index is 12.6. The topological polar surface area (TPSA) is 107 Å². The van der Waals surface area contributed by atoms with Gasteiger partial charge in [-0.3, -0.25) is 4.79 Å². The van der Waals surface area contributed by atoms with Gasteiger partial charge in [-0.1, -0.05) is 31.9 Å². The molecule has 0 amide bonds. The van der Waals surface area contributed by atoms with Crippen molar-refractivity contribution in [2.45, 2.75) is 71.3 Å². The number of carbonyl (C=O) groups is 4. The summed E-state index contributed by atoms with van der Waals surface area (Å²) in [6.45, 7) is 9.73. The van der Waals surface area contributed by atoms with Crippen LogP contribution in [0, 0.1) is 0 Å². The van der Waals surface area contributed by atoms with Gasteiger partial charge in [-0.2, -0.15) is 39.5 Å². The normalized spacial score (nSPS) is 12.0. The Morgan fingerprint density at radius 2 is 0.863 bits per heavy atom. The van der Waals surface area contributed by atoms with E-state index in [0.29, 0.717) is 18.2 Å². The third kappa shape index (κ3) is 16.3. The summed E-state index contributed by atoms with van der Waals surface area (Å²) in [5.41, 5.74) is -5.56. The fourth-order valence-corrected chi connectivity index (χ4v) is 4.41. The van der Waals surface area contributed by atoms with Gasteiger partial charge in [0.1, 0.15) is 17.5 Å². The maximum atomic E-state index is 12.6. The van der Waals surface area contributed by atoms with Crippen molar-refractivity contribution in [3.63, 3.8) is 0 Å². The molecule has 0 saturated heterocycles. The van der Waals surface area contributed by atoms with Gasteiger partial charge in [-0.15, -0.1) is 0 Å². The summed E-state index contributed by atoms with van der Waals surface area (Å²) >= 11 is 5.76. The van der Waals surface area contributed by atoms with Gasteiger partial charge in [-0.05, 0) is 96.1 Å². The molecule has 7 nitrogen and oxygen atoms in total. The van der Waals surface area contributed by atoms with Crippen LogP contribution in [-0.4, -0.2) is 40.5 Å². The third-order valence-electron chi connectivity index (χ3n) is 5.39. The molecule has 0 saturated carbocycles. The SMILES string of the molecule is CC(C)(C)OC(=O)c1cc(Br)cc(C(F)(F)F)c1.CC(C)(C)OC(=O)c1cc(C=O)cc(C(F)(F)F)c1.O=C(O)c1cc(Br)cc(C(F)(F)F)c1. The summed E-state index contributed by atoms with van der Waals surface area (Å²) < 4.78 is 122. The van der Waals surface area contributed by atoms with Crippen molar-refractivity contribution in [2.75, 3.05) is 0 Å². The van der Waals surface area contributed by atoms with E-state index in [1.807, 2.05) is 0 Å². The van der Waals surface area contributed by atoms with Crippen LogP contribution in [0.15, 0.2) is 63.5 Å². The Morgan fingerprint density at radius 3 is 1.18 bits per heavy atom. The van der Waals surface area contributed by atoms with E-state index >= 15 is 0 Å². The molecule has 280 valence electrons. The molecule has 51 heavy (non-hydrogen) atoms. The number of aromatic carboxylic acids is 1. The highest BCUT2D eigenvalue weighted by Gasteiger charge is 2.34. The number of halogens is 11. The lowest BCUT2D eigenvalue weighted by atomic mass is 10.1. The molecule has 0 aliphatic carbocycles. The van der Waals surface area contributed by atoms with E-state index in [9.17, 15) is 58.7 Å². The van der Waals surface area contributed by atoms with Crippen molar-refractivity contribution >= 4 is 56.1 Å². The Labute approximate surface area is 302 Å². The van der Waals surface area contributed by atoms with Crippen LogP contribution in [0.4, 0.5) is 39.5 Å². The van der Waals surface area contributed by atoms with Crippen LogP contribution in [0.3, 0.4) is 0 Å². The Kier molecular flexibility index (Phi) is 15.1. The Balaban J connectivity index is 0.000000387. The first-order chi connectivity index (χ1) is 22.8. The minimum absolute atomic E-state index is 0.0877. The highest BCUT2D eigenvalue weighted by Crippen LogP contribution is 2.34. The highest BCUT2D eigenvalue weighted by molar-refractivity contribution is 9.10.